The van der Waals surface area contributed by atoms with Crippen molar-refractivity contribution in [3.8, 4) is 0 Å². The molecule has 0 saturated carbocycles. The molecule has 0 aliphatic carbocycles. The van der Waals surface area contributed by atoms with Crippen molar-refractivity contribution < 1.29 is 9.53 Å². The number of nitrogens with zero attached hydrogens (tertiary/aromatic N) is 2. The maximum atomic E-state index is 12.1. The molecule has 2 fully saturated rings. The van der Waals surface area contributed by atoms with Gasteiger partial charge in [0.05, 0.1) is 5.56 Å². The minimum absolute atomic E-state index is 0.255. The Kier molecular flexibility index (Phi) is 5.11. The van der Waals surface area contributed by atoms with E-state index in [1.807, 2.05) is 45.0 Å². The third kappa shape index (κ3) is 4.48. The molecule has 2 saturated heterocycles. The second-order valence-electron chi connectivity index (χ2n) is 7.87. The van der Waals surface area contributed by atoms with Gasteiger partial charge in [0.25, 0.3) is 0 Å². The zero-order valence-corrected chi connectivity index (χ0v) is 15.0. The number of carbonyl (C=O) groups excluding carboxylic acids is 1. The fourth-order valence-electron chi connectivity index (χ4n) is 3.30. The highest BCUT2D eigenvalue weighted by Gasteiger charge is 2.29. The van der Waals surface area contributed by atoms with Gasteiger partial charge in [-0.1, -0.05) is 0 Å². The molecule has 0 aromatic heterocycles. The van der Waals surface area contributed by atoms with Gasteiger partial charge in [-0.3, -0.25) is 0 Å². The zero-order valence-electron chi connectivity index (χ0n) is 15.0. The van der Waals surface area contributed by atoms with E-state index in [4.69, 9.17) is 4.74 Å². The lowest BCUT2D eigenvalue weighted by Gasteiger charge is -2.44. The summed E-state index contributed by atoms with van der Waals surface area (Å²) in [5.41, 5.74) is 1.36. The van der Waals surface area contributed by atoms with Crippen LogP contribution in [0.3, 0.4) is 0 Å². The summed E-state index contributed by atoms with van der Waals surface area (Å²) < 4.78 is 5.40. The van der Waals surface area contributed by atoms with Crippen molar-refractivity contribution in [3.63, 3.8) is 0 Å². The molecule has 1 aromatic carbocycles. The fraction of sp³-hybridized carbons (Fsp3) is 0.632. The first-order valence-electron chi connectivity index (χ1n) is 8.92. The number of rotatable bonds is 4. The number of piperazine rings is 1. The third-order valence-corrected chi connectivity index (χ3v) is 4.55. The van der Waals surface area contributed by atoms with Crippen molar-refractivity contribution in [1.82, 2.24) is 10.2 Å². The molecule has 0 amide bonds. The van der Waals surface area contributed by atoms with Gasteiger partial charge in [0.2, 0.25) is 0 Å². The quantitative estimate of drug-likeness (QED) is 0.855. The van der Waals surface area contributed by atoms with Crippen LogP contribution >= 0.6 is 0 Å². The third-order valence-electron chi connectivity index (χ3n) is 4.55. The van der Waals surface area contributed by atoms with Gasteiger partial charge in [0, 0.05) is 57.4 Å². The Morgan fingerprint density at radius 1 is 1.17 bits per heavy atom. The molecule has 5 heteroatoms. The Labute approximate surface area is 145 Å². The molecule has 0 atom stereocenters. The fourth-order valence-corrected chi connectivity index (χ4v) is 3.30. The molecule has 0 spiro atoms. The molecule has 1 N–H and O–H groups in total. The number of anilines is 1. The molecule has 0 bridgehead atoms. The zero-order chi connectivity index (χ0) is 17.2. The highest BCUT2D eigenvalue weighted by molar-refractivity contribution is 5.90. The molecule has 5 nitrogen and oxygen atoms in total. The van der Waals surface area contributed by atoms with E-state index in [1.54, 1.807) is 0 Å². The van der Waals surface area contributed by atoms with E-state index in [2.05, 4.69) is 15.1 Å². The number of benzene rings is 1. The first kappa shape index (κ1) is 17.2. The van der Waals surface area contributed by atoms with Crippen LogP contribution in [0.2, 0.25) is 0 Å². The summed E-state index contributed by atoms with van der Waals surface area (Å²) in [6.07, 6.45) is 0. The Morgan fingerprint density at radius 3 is 2.38 bits per heavy atom. The van der Waals surface area contributed by atoms with Crippen molar-refractivity contribution >= 4 is 11.7 Å². The number of esters is 1. The highest BCUT2D eigenvalue weighted by atomic mass is 16.6. The van der Waals surface area contributed by atoms with Crippen molar-refractivity contribution in [2.75, 3.05) is 50.7 Å². The van der Waals surface area contributed by atoms with Gasteiger partial charge in [-0.05, 0) is 45.0 Å². The molecular weight excluding hydrogens is 302 g/mol. The maximum Gasteiger partial charge on any atom is 0.338 e. The number of hydrogen-bond acceptors (Lipinski definition) is 5. The molecule has 2 aliphatic rings. The van der Waals surface area contributed by atoms with E-state index < -0.39 is 5.60 Å². The van der Waals surface area contributed by atoms with Crippen LogP contribution in [-0.4, -0.2) is 62.3 Å². The van der Waals surface area contributed by atoms with E-state index in [9.17, 15) is 4.79 Å². The predicted octanol–water partition coefficient (Wildman–Crippen LogP) is 1.98. The van der Waals surface area contributed by atoms with Gasteiger partial charge in [-0.2, -0.15) is 0 Å². The number of ether oxygens (including phenoxy) is 1. The Balaban J connectivity index is 1.48. The molecule has 1 aromatic rings. The Morgan fingerprint density at radius 2 is 1.79 bits per heavy atom. The van der Waals surface area contributed by atoms with Crippen LogP contribution in [0.25, 0.3) is 0 Å². The summed E-state index contributed by atoms with van der Waals surface area (Å²) in [6, 6.07) is 7.79. The molecule has 132 valence electrons. The lowest BCUT2D eigenvalue weighted by Crippen LogP contribution is -2.54. The summed E-state index contributed by atoms with van der Waals surface area (Å²) in [5, 5.41) is 3.40. The van der Waals surface area contributed by atoms with E-state index in [-0.39, 0.29) is 5.97 Å². The number of nitrogens with one attached hydrogen (secondary N) is 1. The normalized spacial score (nSPS) is 19.9. The van der Waals surface area contributed by atoms with Crippen LogP contribution in [0.4, 0.5) is 5.69 Å². The van der Waals surface area contributed by atoms with E-state index in [0.717, 1.165) is 32.1 Å². The lowest BCUT2D eigenvalue weighted by atomic mass is 9.98. The van der Waals surface area contributed by atoms with Crippen LogP contribution in [0.1, 0.15) is 31.1 Å². The Bertz CT molecular complexity index is 553. The number of carbonyl (C=O) groups is 1. The van der Waals surface area contributed by atoms with Crippen LogP contribution in [-0.2, 0) is 4.74 Å². The number of hydrogen-bond donors (Lipinski definition) is 1. The standard InChI is InChI=1S/C19H29N3O2/c1-19(2,3)24-18(23)16-4-6-17(7-5-16)22-13-15(14-22)12-21-10-8-20-9-11-21/h4-7,15,20H,8-14H2,1-3H3. The monoisotopic (exact) mass is 331 g/mol. The summed E-state index contributed by atoms with van der Waals surface area (Å²) in [5.74, 6) is 0.503. The van der Waals surface area contributed by atoms with E-state index in [0.29, 0.717) is 5.56 Å². The minimum atomic E-state index is -0.454. The summed E-state index contributed by atoms with van der Waals surface area (Å²) in [4.78, 5) is 17.0. The van der Waals surface area contributed by atoms with Crippen LogP contribution in [0.5, 0.6) is 0 Å². The average molecular weight is 331 g/mol. The minimum Gasteiger partial charge on any atom is -0.456 e. The highest BCUT2D eigenvalue weighted by Crippen LogP contribution is 2.26. The maximum absolute atomic E-state index is 12.1. The van der Waals surface area contributed by atoms with E-state index in [1.165, 1.54) is 25.3 Å². The summed E-state index contributed by atoms with van der Waals surface area (Å²) in [7, 11) is 0. The van der Waals surface area contributed by atoms with E-state index >= 15 is 0 Å². The molecule has 2 heterocycles. The molecule has 2 aliphatic heterocycles. The van der Waals surface area contributed by atoms with Crippen LogP contribution in [0, 0.1) is 5.92 Å². The molecule has 0 radical (unpaired) electrons. The first-order valence-corrected chi connectivity index (χ1v) is 8.92. The van der Waals surface area contributed by atoms with Gasteiger partial charge in [0.15, 0.2) is 0 Å². The van der Waals surface area contributed by atoms with Crippen molar-refractivity contribution in [2.45, 2.75) is 26.4 Å². The summed E-state index contributed by atoms with van der Waals surface area (Å²) >= 11 is 0. The molecular formula is C19H29N3O2. The van der Waals surface area contributed by atoms with Crippen molar-refractivity contribution in [1.29, 1.82) is 0 Å². The first-order chi connectivity index (χ1) is 11.4. The van der Waals surface area contributed by atoms with Crippen molar-refractivity contribution in [2.24, 2.45) is 5.92 Å². The average Bonchev–Trinajstić information content (AvgIpc) is 2.50. The molecule has 3 rings (SSSR count). The molecule has 24 heavy (non-hydrogen) atoms. The van der Waals surface area contributed by atoms with Gasteiger partial charge in [-0.15, -0.1) is 0 Å². The Hall–Kier alpha value is -1.59. The SMILES string of the molecule is CC(C)(C)OC(=O)c1ccc(N2CC(CN3CCNCC3)C2)cc1. The van der Waals surface area contributed by atoms with Gasteiger partial charge in [-0.25, -0.2) is 4.79 Å². The smallest absolute Gasteiger partial charge is 0.338 e. The lowest BCUT2D eigenvalue weighted by molar-refractivity contribution is 0.00695. The van der Waals surface area contributed by atoms with Gasteiger partial charge >= 0.3 is 5.97 Å². The van der Waals surface area contributed by atoms with Crippen molar-refractivity contribution in [3.05, 3.63) is 29.8 Å². The van der Waals surface area contributed by atoms with Gasteiger partial charge in [0.1, 0.15) is 5.60 Å². The largest absolute Gasteiger partial charge is 0.456 e. The second kappa shape index (κ2) is 7.11. The topological polar surface area (TPSA) is 44.8 Å². The molecule has 0 unspecified atom stereocenters. The second-order valence-corrected chi connectivity index (χ2v) is 7.87. The predicted molar refractivity (Wildman–Crippen MR) is 96.6 cm³/mol. The van der Waals surface area contributed by atoms with Crippen LogP contribution in [0.15, 0.2) is 24.3 Å². The summed E-state index contributed by atoms with van der Waals surface area (Å²) in [6.45, 7) is 13.6. The van der Waals surface area contributed by atoms with Crippen LogP contribution < -0.4 is 10.2 Å². The van der Waals surface area contributed by atoms with Gasteiger partial charge < -0.3 is 19.9 Å².